The van der Waals surface area contributed by atoms with Gasteiger partial charge in [0.05, 0.1) is 35.6 Å². The molecule has 3 aromatic rings. The van der Waals surface area contributed by atoms with E-state index in [1.165, 1.54) is 7.11 Å². The molecule has 1 aliphatic heterocycles. The minimum atomic E-state index is -0.576. The molecule has 1 saturated heterocycles. The summed E-state index contributed by atoms with van der Waals surface area (Å²) < 4.78 is 11.8. The highest BCUT2D eigenvalue weighted by molar-refractivity contribution is 6.08. The standard InChI is InChI=1S/C18H19N5O4/c1-10-15-12(17(24)23-6-4-5-14(23)18(25)26-3)7-13(20-16(15)27-21-10)11-8-19-22(2)9-11/h7-9,14H,4-6H2,1-3H3/t14-/m0/s1. The zero-order valence-electron chi connectivity index (χ0n) is 15.3. The van der Waals surface area contributed by atoms with Crippen LogP contribution in [0.25, 0.3) is 22.4 Å². The van der Waals surface area contributed by atoms with Crippen molar-refractivity contribution in [3.63, 3.8) is 0 Å². The Balaban J connectivity index is 1.83. The van der Waals surface area contributed by atoms with Crippen molar-refractivity contribution in [3.8, 4) is 11.3 Å². The summed E-state index contributed by atoms with van der Waals surface area (Å²) in [5.74, 6) is -0.660. The maximum Gasteiger partial charge on any atom is 0.328 e. The molecule has 1 atom stereocenters. The molecule has 0 unspecified atom stereocenters. The Morgan fingerprint density at radius 3 is 2.89 bits per heavy atom. The van der Waals surface area contributed by atoms with Gasteiger partial charge in [-0.1, -0.05) is 5.16 Å². The highest BCUT2D eigenvalue weighted by Crippen LogP contribution is 2.30. The van der Waals surface area contributed by atoms with Crippen molar-refractivity contribution in [2.45, 2.75) is 25.8 Å². The van der Waals surface area contributed by atoms with E-state index >= 15 is 0 Å². The second kappa shape index (κ2) is 6.49. The minimum absolute atomic E-state index is 0.258. The third kappa shape index (κ3) is 2.84. The summed E-state index contributed by atoms with van der Waals surface area (Å²) in [6, 6.07) is 1.13. The number of fused-ring (bicyclic) bond motifs is 1. The molecular formula is C18H19N5O4. The van der Waals surface area contributed by atoms with Gasteiger partial charge in [0.15, 0.2) is 0 Å². The van der Waals surface area contributed by atoms with Crippen molar-refractivity contribution in [1.29, 1.82) is 0 Å². The maximum absolute atomic E-state index is 13.3. The molecule has 9 nitrogen and oxygen atoms in total. The molecule has 0 spiro atoms. The Labute approximate surface area is 154 Å². The van der Waals surface area contributed by atoms with E-state index in [9.17, 15) is 9.59 Å². The number of rotatable bonds is 3. The zero-order chi connectivity index (χ0) is 19.1. The molecule has 0 N–H and O–H groups in total. The summed E-state index contributed by atoms with van der Waals surface area (Å²) in [6.07, 6.45) is 4.81. The first-order valence-electron chi connectivity index (χ1n) is 8.64. The molecule has 4 rings (SSSR count). The van der Waals surface area contributed by atoms with E-state index in [-0.39, 0.29) is 11.6 Å². The highest BCUT2D eigenvalue weighted by Gasteiger charge is 2.36. The number of aromatic nitrogens is 4. The average Bonchev–Trinajstić information content (AvgIpc) is 3.40. The van der Waals surface area contributed by atoms with E-state index in [0.717, 1.165) is 12.0 Å². The number of esters is 1. The predicted octanol–water partition coefficient (Wildman–Crippen LogP) is 1.71. The third-order valence-electron chi connectivity index (χ3n) is 4.84. The summed E-state index contributed by atoms with van der Waals surface area (Å²) >= 11 is 0. The number of ether oxygens (including phenoxy) is 1. The van der Waals surface area contributed by atoms with Gasteiger partial charge in [0.2, 0.25) is 0 Å². The summed E-state index contributed by atoms with van der Waals surface area (Å²) in [7, 11) is 3.14. The second-order valence-corrected chi connectivity index (χ2v) is 6.59. The second-order valence-electron chi connectivity index (χ2n) is 6.59. The fourth-order valence-corrected chi connectivity index (χ4v) is 3.51. The van der Waals surface area contributed by atoms with Crippen molar-refractivity contribution < 1.29 is 18.8 Å². The molecule has 0 saturated carbocycles. The first-order chi connectivity index (χ1) is 13.0. The summed E-state index contributed by atoms with van der Waals surface area (Å²) in [6.45, 7) is 2.25. The van der Waals surface area contributed by atoms with Gasteiger partial charge in [-0.3, -0.25) is 9.48 Å². The van der Waals surface area contributed by atoms with Crippen molar-refractivity contribution in [3.05, 3.63) is 29.7 Å². The SMILES string of the molecule is COC(=O)[C@@H]1CCCN1C(=O)c1cc(-c2cnn(C)c2)nc2onc(C)c12. The van der Waals surface area contributed by atoms with Gasteiger partial charge in [0.25, 0.3) is 11.6 Å². The lowest BCUT2D eigenvalue weighted by Crippen LogP contribution is -2.41. The molecule has 1 aliphatic rings. The molecule has 0 aromatic carbocycles. The van der Waals surface area contributed by atoms with Crippen molar-refractivity contribution in [1.82, 2.24) is 24.8 Å². The fourth-order valence-electron chi connectivity index (χ4n) is 3.51. The number of aryl methyl sites for hydroxylation is 2. The molecule has 140 valence electrons. The molecule has 27 heavy (non-hydrogen) atoms. The van der Waals surface area contributed by atoms with Crippen LogP contribution in [0.1, 0.15) is 28.9 Å². The average molecular weight is 369 g/mol. The lowest BCUT2D eigenvalue weighted by atomic mass is 10.1. The van der Waals surface area contributed by atoms with Crippen molar-refractivity contribution in [2.24, 2.45) is 7.05 Å². The predicted molar refractivity (Wildman–Crippen MR) is 94.8 cm³/mol. The molecule has 3 aromatic heterocycles. The Bertz CT molecular complexity index is 1040. The lowest BCUT2D eigenvalue weighted by Gasteiger charge is -2.23. The van der Waals surface area contributed by atoms with Gasteiger partial charge in [0.1, 0.15) is 6.04 Å². The van der Waals surface area contributed by atoms with Crippen molar-refractivity contribution >= 4 is 23.0 Å². The number of nitrogens with zero attached hydrogens (tertiary/aromatic N) is 5. The monoisotopic (exact) mass is 369 g/mol. The Kier molecular flexibility index (Phi) is 4.14. The van der Waals surface area contributed by atoms with E-state index in [0.29, 0.717) is 35.3 Å². The normalized spacial score (nSPS) is 16.9. The van der Waals surface area contributed by atoms with Gasteiger partial charge in [-0.2, -0.15) is 5.10 Å². The van der Waals surface area contributed by atoms with Crippen LogP contribution in [0.3, 0.4) is 0 Å². The van der Waals surface area contributed by atoms with Gasteiger partial charge in [-0.05, 0) is 25.8 Å². The number of amides is 1. The van der Waals surface area contributed by atoms with Crippen LogP contribution in [-0.2, 0) is 16.6 Å². The first kappa shape index (κ1) is 17.2. The van der Waals surface area contributed by atoms with Crippen molar-refractivity contribution in [2.75, 3.05) is 13.7 Å². The Hall–Kier alpha value is -3.23. The molecule has 9 heteroatoms. The van der Waals surface area contributed by atoms with E-state index in [4.69, 9.17) is 9.26 Å². The molecular weight excluding hydrogens is 350 g/mol. The highest BCUT2D eigenvalue weighted by atomic mass is 16.5. The van der Waals surface area contributed by atoms with Crippen LogP contribution >= 0.6 is 0 Å². The van der Waals surface area contributed by atoms with Crippen LogP contribution < -0.4 is 0 Å². The fraction of sp³-hybridized carbons (Fsp3) is 0.389. The Morgan fingerprint density at radius 2 is 2.19 bits per heavy atom. The van der Waals surface area contributed by atoms with Crippen LogP contribution in [-0.4, -0.2) is 56.4 Å². The number of hydrogen-bond acceptors (Lipinski definition) is 7. The van der Waals surface area contributed by atoms with Crippen LogP contribution in [0.15, 0.2) is 23.0 Å². The van der Waals surface area contributed by atoms with Gasteiger partial charge >= 0.3 is 5.97 Å². The molecule has 4 heterocycles. The number of pyridine rings is 1. The number of likely N-dealkylation sites (tertiary alicyclic amines) is 1. The van der Waals surface area contributed by atoms with Crippen LogP contribution in [0.5, 0.6) is 0 Å². The zero-order valence-corrected chi connectivity index (χ0v) is 15.3. The summed E-state index contributed by atoms with van der Waals surface area (Å²) in [5, 5.41) is 8.66. The topological polar surface area (TPSA) is 103 Å². The number of carbonyl (C=O) groups excluding carboxylic acids is 2. The van der Waals surface area contributed by atoms with E-state index in [2.05, 4.69) is 15.2 Å². The van der Waals surface area contributed by atoms with Gasteiger partial charge < -0.3 is 14.2 Å². The third-order valence-corrected chi connectivity index (χ3v) is 4.84. The van der Waals surface area contributed by atoms with Gasteiger partial charge in [-0.15, -0.1) is 0 Å². The minimum Gasteiger partial charge on any atom is -0.467 e. The largest absolute Gasteiger partial charge is 0.467 e. The number of carbonyl (C=O) groups is 2. The van der Waals surface area contributed by atoms with Gasteiger partial charge in [0, 0.05) is 25.4 Å². The molecule has 0 radical (unpaired) electrons. The molecule has 0 aliphatic carbocycles. The number of methoxy groups -OCH3 is 1. The summed E-state index contributed by atoms with van der Waals surface area (Å²) in [5.41, 5.74) is 2.59. The van der Waals surface area contributed by atoms with Crippen LogP contribution in [0, 0.1) is 6.92 Å². The summed E-state index contributed by atoms with van der Waals surface area (Å²) in [4.78, 5) is 31.4. The smallest absolute Gasteiger partial charge is 0.328 e. The Morgan fingerprint density at radius 1 is 1.37 bits per heavy atom. The van der Waals surface area contributed by atoms with E-state index in [1.54, 1.807) is 42.0 Å². The quantitative estimate of drug-likeness (QED) is 0.647. The molecule has 1 fully saturated rings. The van der Waals surface area contributed by atoms with Crippen LogP contribution in [0.2, 0.25) is 0 Å². The molecule has 0 bridgehead atoms. The first-order valence-corrected chi connectivity index (χ1v) is 8.64. The number of hydrogen-bond donors (Lipinski definition) is 0. The van der Waals surface area contributed by atoms with Gasteiger partial charge in [-0.25, -0.2) is 9.78 Å². The van der Waals surface area contributed by atoms with E-state index in [1.807, 2.05) is 0 Å². The van der Waals surface area contributed by atoms with Crippen LogP contribution in [0.4, 0.5) is 0 Å². The molecule has 1 amide bonds. The lowest BCUT2D eigenvalue weighted by molar-refractivity contribution is -0.145. The maximum atomic E-state index is 13.3. The van der Waals surface area contributed by atoms with E-state index < -0.39 is 12.0 Å².